The molecule has 138 valence electrons. The zero-order valence-electron chi connectivity index (χ0n) is 14.8. The smallest absolute Gasteiger partial charge is 0.274 e. The summed E-state index contributed by atoms with van der Waals surface area (Å²) in [7, 11) is 0. The van der Waals surface area contributed by atoms with Crippen LogP contribution >= 0.6 is 0 Å². The number of nitro benzene ring substituents is 1. The second kappa shape index (κ2) is 9.98. The Morgan fingerprint density at radius 3 is 2.76 bits per heavy atom. The summed E-state index contributed by atoms with van der Waals surface area (Å²) in [5, 5.41) is 18.8. The lowest BCUT2D eigenvalue weighted by atomic mass is 10.1. The van der Waals surface area contributed by atoms with E-state index >= 15 is 0 Å². The zero-order chi connectivity index (χ0) is 18.1. The molecule has 0 aliphatic carbocycles. The quantitative estimate of drug-likeness (QED) is 0.241. The Hall–Kier alpha value is -2.15. The number of ether oxygens (including phenoxy) is 2. The van der Waals surface area contributed by atoms with E-state index in [0.717, 1.165) is 25.9 Å². The highest BCUT2D eigenvalue weighted by Gasteiger charge is 2.19. The van der Waals surface area contributed by atoms with Crippen LogP contribution in [0.5, 0.6) is 5.75 Å². The van der Waals surface area contributed by atoms with Gasteiger partial charge in [-0.15, -0.1) is 0 Å². The maximum absolute atomic E-state index is 11.3. The normalized spacial score (nSPS) is 14.9. The lowest BCUT2D eigenvalue weighted by molar-refractivity contribution is -0.385. The van der Waals surface area contributed by atoms with Crippen molar-refractivity contribution in [3.8, 4) is 5.75 Å². The van der Waals surface area contributed by atoms with Crippen LogP contribution in [-0.2, 0) is 11.3 Å². The van der Waals surface area contributed by atoms with Crippen molar-refractivity contribution in [1.82, 2.24) is 4.90 Å². The summed E-state index contributed by atoms with van der Waals surface area (Å²) < 4.78 is 10.8. The summed E-state index contributed by atoms with van der Waals surface area (Å²) in [5.74, 6) is 0.904. The third kappa shape index (κ3) is 6.34. The van der Waals surface area contributed by atoms with Crippen LogP contribution < -0.4 is 4.74 Å². The molecule has 25 heavy (non-hydrogen) atoms. The first-order valence-corrected chi connectivity index (χ1v) is 8.93. The molecule has 1 fully saturated rings. The predicted molar refractivity (Wildman–Crippen MR) is 96.3 cm³/mol. The largest absolute Gasteiger partial charge is 0.494 e. The number of hydrogen-bond donors (Lipinski definition) is 1. The maximum atomic E-state index is 11.3. The summed E-state index contributed by atoms with van der Waals surface area (Å²) in [6.07, 6.45) is 4.74. The molecule has 7 heteroatoms. The first-order chi connectivity index (χ1) is 12.1. The van der Waals surface area contributed by atoms with E-state index < -0.39 is 0 Å². The molecule has 1 aliphatic rings. The van der Waals surface area contributed by atoms with Gasteiger partial charge < -0.3 is 9.47 Å². The van der Waals surface area contributed by atoms with Gasteiger partial charge in [0.15, 0.2) is 5.90 Å². The Morgan fingerprint density at radius 1 is 1.32 bits per heavy atom. The highest BCUT2D eigenvalue weighted by Crippen LogP contribution is 2.26. The highest BCUT2D eigenvalue weighted by molar-refractivity contribution is 5.72. The van der Waals surface area contributed by atoms with E-state index in [1.807, 2.05) is 6.92 Å². The van der Waals surface area contributed by atoms with E-state index in [2.05, 4.69) is 4.90 Å². The van der Waals surface area contributed by atoms with Crippen LogP contribution in [0, 0.1) is 15.5 Å². The lowest BCUT2D eigenvalue weighted by Crippen LogP contribution is -2.29. The van der Waals surface area contributed by atoms with Crippen LogP contribution in [0.2, 0.25) is 0 Å². The number of nitrogens with zero attached hydrogens (tertiary/aromatic N) is 2. The molecule has 1 heterocycles. The van der Waals surface area contributed by atoms with Gasteiger partial charge in [0.1, 0.15) is 5.75 Å². The molecule has 0 radical (unpaired) electrons. The Bertz CT molecular complexity index is 586. The molecule has 1 saturated heterocycles. The molecular formula is C18H27N3O4. The molecule has 0 spiro atoms. The van der Waals surface area contributed by atoms with Gasteiger partial charge in [-0.05, 0) is 51.4 Å². The minimum atomic E-state index is -0.327. The average molecular weight is 349 g/mol. The van der Waals surface area contributed by atoms with E-state index in [1.165, 1.54) is 12.5 Å². The molecular weight excluding hydrogens is 322 g/mol. The summed E-state index contributed by atoms with van der Waals surface area (Å²) in [6.45, 7) is 5.37. The Morgan fingerprint density at radius 2 is 2.08 bits per heavy atom. The van der Waals surface area contributed by atoms with Gasteiger partial charge in [-0.3, -0.25) is 20.4 Å². The molecule has 1 aromatic carbocycles. The minimum absolute atomic E-state index is 0.149. The number of piperidine rings is 1. The van der Waals surface area contributed by atoms with Crippen molar-refractivity contribution >= 4 is 11.6 Å². The van der Waals surface area contributed by atoms with Crippen LogP contribution in [0.1, 0.15) is 44.6 Å². The van der Waals surface area contributed by atoms with Crippen molar-refractivity contribution in [3.63, 3.8) is 0 Å². The molecule has 0 bridgehead atoms. The molecule has 1 aromatic rings. The Balaban J connectivity index is 1.93. The van der Waals surface area contributed by atoms with Crippen molar-refractivity contribution < 1.29 is 14.4 Å². The second-order valence-electron chi connectivity index (χ2n) is 6.19. The van der Waals surface area contributed by atoms with E-state index in [4.69, 9.17) is 14.9 Å². The van der Waals surface area contributed by atoms with Crippen LogP contribution in [-0.4, -0.2) is 42.0 Å². The molecule has 1 aliphatic heterocycles. The topological polar surface area (TPSA) is 88.7 Å². The van der Waals surface area contributed by atoms with Crippen LogP contribution in [0.25, 0.3) is 0 Å². The van der Waals surface area contributed by atoms with Crippen molar-refractivity contribution in [2.75, 3.05) is 26.3 Å². The third-order valence-electron chi connectivity index (χ3n) is 4.23. The monoisotopic (exact) mass is 349 g/mol. The van der Waals surface area contributed by atoms with Gasteiger partial charge in [-0.1, -0.05) is 6.42 Å². The zero-order valence-corrected chi connectivity index (χ0v) is 14.8. The predicted octanol–water partition coefficient (Wildman–Crippen LogP) is 3.75. The molecule has 2 rings (SSSR count). The number of nitrogens with one attached hydrogen (secondary N) is 1. The minimum Gasteiger partial charge on any atom is -0.494 e. The van der Waals surface area contributed by atoms with E-state index in [9.17, 15) is 10.1 Å². The Kier molecular flexibility index (Phi) is 7.66. The maximum Gasteiger partial charge on any atom is 0.274 e. The fourth-order valence-corrected chi connectivity index (χ4v) is 2.98. The Labute approximate surface area is 148 Å². The number of benzene rings is 1. The summed E-state index contributed by atoms with van der Waals surface area (Å²) >= 11 is 0. The van der Waals surface area contributed by atoms with Gasteiger partial charge >= 0.3 is 0 Å². The molecule has 1 N–H and O–H groups in total. The van der Waals surface area contributed by atoms with Gasteiger partial charge in [0, 0.05) is 24.6 Å². The van der Waals surface area contributed by atoms with Gasteiger partial charge in [-0.2, -0.15) is 0 Å². The number of likely N-dealkylation sites (tertiary alicyclic amines) is 1. The highest BCUT2D eigenvalue weighted by atomic mass is 16.6. The SMILES string of the molecule is CCOC(=N)CCCOc1ccc([N+](=O)[O-])c(CN2CCCCC2)c1. The standard InChI is InChI=1S/C18H27N3O4/c1-2-24-18(19)7-6-12-25-16-8-9-17(21(22)23)15(13-16)14-20-10-4-3-5-11-20/h8-9,13,19H,2-7,10-12,14H2,1H3. The van der Waals surface area contributed by atoms with Crippen molar-refractivity contribution in [2.45, 2.75) is 45.6 Å². The van der Waals surface area contributed by atoms with E-state index in [1.54, 1.807) is 12.1 Å². The van der Waals surface area contributed by atoms with Gasteiger partial charge in [0.25, 0.3) is 5.69 Å². The van der Waals surface area contributed by atoms with Crippen LogP contribution in [0.3, 0.4) is 0 Å². The summed E-state index contributed by atoms with van der Waals surface area (Å²) in [6, 6.07) is 4.95. The summed E-state index contributed by atoms with van der Waals surface area (Å²) in [4.78, 5) is 13.2. The molecule has 0 unspecified atom stereocenters. The van der Waals surface area contributed by atoms with Gasteiger partial charge in [0.05, 0.1) is 18.1 Å². The number of hydrogen-bond acceptors (Lipinski definition) is 6. The second-order valence-corrected chi connectivity index (χ2v) is 6.19. The van der Waals surface area contributed by atoms with E-state index in [-0.39, 0.29) is 16.5 Å². The van der Waals surface area contributed by atoms with Gasteiger partial charge in [-0.25, -0.2) is 0 Å². The number of rotatable bonds is 9. The molecule has 0 atom stereocenters. The molecule has 0 saturated carbocycles. The van der Waals surface area contributed by atoms with E-state index in [0.29, 0.717) is 43.9 Å². The van der Waals surface area contributed by atoms with Crippen LogP contribution in [0.4, 0.5) is 5.69 Å². The fourth-order valence-electron chi connectivity index (χ4n) is 2.98. The van der Waals surface area contributed by atoms with Gasteiger partial charge in [0.2, 0.25) is 0 Å². The first kappa shape index (κ1) is 19.2. The molecule has 0 amide bonds. The summed E-state index contributed by atoms with van der Waals surface area (Å²) in [5.41, 5.74) is 0.850. The van der Waals surface area contributed by atoms with Crippen molar-refractivity contribution in [1.29, 1.82) is 5.41 Å². The average Bonchev–Trinajstić information content (AvgIpc) is 2.60. The number of nitro groups is 1. The molecule has 7 nitrogen and oxygen atoms in total. The molecule has 0 aromatic heterocycles. The van der Waals surface area contributed by atoms with Crippen molar-refractivity contribution in [2.24, 2.45) is 0 Å². The van der Waals surface area contributed by atoms with Crippen LogP contribution in [0.15, 0.2) is 18.2 Å². The lowest BCUT2D eigenvalue weighted by Gasteiger charge is -2.26. The third-order valence-corrected chi connectivity index (χ3v) is 4.23. The van der Waals surface area contributed by atoms with Crippen molar-refractivity contribution in [3.05, 3.63) is 33.9 Å². The fraction of sp³-hybridized carbons (Fsp3) is 0.611. The first-order valence-electron chi connectivity index (χ1n) is 8.93.